The first-order chi connectivity index (χ1) is 16.1. The molecule has 2 fully saturated rings. The second-order valence-corrected chi connectivity index (χ2v) is 9.57. The molecular formula is C24H34N8S. The zero-order valence-electron chi connectivity index (χ0n) is 19.7. The van der Waals surface area contributed by atoms with Crippen LogP contribution in [0.2, 0.25) is 0 Å². The Morgan fingerprint density at radius 1 is 1.12 bits per heavy atom. The molecule has 0 amide bonds. The van der Waals surface area contributed by atoms with Gasteiger partial charge in [-0.15, -0.1) is 0 Å². The topological polar surface area (TPSA) is 80.7 Å². The Balaban J connectivity index is 1.51. The minimum Gasteiger partial charge on any atom is -0.354 e. The molecule has 1 aliphatic heterocycles. The number of nitrogens with zero attached hydrogens (tertiary/aromatic N) is 5. The highest BCUT2D eigenvalue weighted by Gasteiger charge is 2.22. The zero-order chi connectivity index (χ0) is 23.0. The van der Waals surface area contributed by atoms with Crippen LogP contribution in [0, 0.1) is 0 Å². The molecule has 176 valence electrons. The van der Waals surface area contributed by atoms with E-state index in [0.717, 1.165) is 60.9 Å². The summed E-state index contributed by atoms with van der Waals surface area (Å²) in [4.78, 5) is 18.8. The van der Waals surface area contributed by atoms with E-state index in [1.165, 1.54) is 12.8 Å². The van der Waals surface area contributed by atoms with E-state index >= 15 is 0 Å². The Labute approximate surface area is 201 Å². The first-order valence-electron chi connectivity index (χ1n) is 11.7. The van der Waals surface area contributed by atoms with Gasteiger partial charge in [-0.25, -0.2) is 20.4 Å². The Bertz CT molecular complexity index is 963. The van der Waals surface area contributed by atoms with Gasteiger partial charge in [0.15, 0.2) is 11.6 Å². The summed E-state index contributed by atoms with van der Waals surface area (Å²) in [6.45, 7) is 8.71. The van der Waals surface area contributed by atoms with Crippen LogP contribution in [0.25, 0.3) is 12.2 Å². The Kier molecular flexibility index (Phi) is 8.20. The van der Waals surface area contributed by atoms with E-state index < -0.39 is 0 Å². The van der Waals surface area contributed by atoms with E-state index in [0.29, 0.717) is 11.6 Å². The van der Waals surface area contributed by atoms with Gasteiger partial charge in [0.25, 0.3) is 0 Å². The average Bonchev–Trinajstić information content (AvgIpc) is 3.66. The van der Waals surface area contributed by atoms with Crippen molar-refractivity contribution in [2.45, 2.75) is 31.9 Å². The van der Waals surface area contributed by atoms with Crippen molar-refractivity contribution in [2.75, 3.05) is 49.4 Å². The standard InChI is InChI=1S/C24H34N8S/c1-4-25-29-18(2)26-23-17-24(32-15-13-31(3)14-16-32)28-22(27-23)12-7-19-5-8-20(9-6-19)30-33-21-10-11-21/h5-9,12,17,21,25,30H,4,10-11,13-16H2,1-3H3,(H,26,27,28,29)/b12-7+. The maximum absolute atomic E-state index is 4.83. The molecule has 9 heteroatoms. The van der Waals surface area contributed by atoms with E-state index in [4.69, 9.17) is 4.98 Å². The third kappa shape index (κ3) is 7.45. The van der Waals surface area contributed by atoms with E-state index in [9.17, 15) is 0 Å². The molecule has 0 radical (unpaired) electrons. The van der Waals surface area contributed by atoms with Gasteiger partial charge in [0.05, 0.1) is 0 Å². The predicted molar refractivity (Wildman–Crippen MR) is 141 cm³/mol. The van der Waals surface area contributed by atoms with Gasteiger partial charge in [0, 0.05) is 49.7 Å². The lowest BCUT2D eigenvalue weighted by atomic mass is 10.2. The zero-order valence-corrected chi connectivity index (χ0v) is 20.5. The molecule has 4 rings (SSSR count). The van der Waals surface area contributed by atoms with Crippen molar-refractivity contribution in [1.29, 1.82) is 0 Å². The summed E-state index contributed by atoms with van der Waals surface area (Å²) in [6.07, 6.45) is 6.66. The quantitative estimate of drug-likeness (QED) is 0.223. The minimum atomic E-state index is 0.651. The van der Waals surface area contributed by atoms with Crippen LogP contribution < -0.4 is 20.5 Å². The van der Waals surface area contributed by atoms with Crippen molar-refractivity contribution < 1.29 is 0 Å². The number of piperazine rings is 1. The first-order valence-corrected chi connectivity index (χ1v) is 12.5. The lowest BCUT2D eigenvalue weighted by molar-refractivity contribution is 0.312. The van der Waals surface area contributed by atoms with Crippen molar-refractivity contribution in [3.05, 3.63) is 41.7 Å². The molecule has 0 spiro atoms. The lowest BCUT2D eigenvalue weighted by Gasteiger charge is -2.33. The molecule has 2 heterocycles. The largest absolute Gasteiger partial charge is 0.354 e. The van der Waals surface area contributed by atoms with Crippen molar-refractivity contribution in [3.63, 3.8) is 0 Å². The maximum atomic E-state index is 4.83. The Morgan fingerprint density at radius 2 is 1.88 bits per heavy atom. The van der Waals surface area contributed by atoms with Crippen LogP contribution in [-0.2, 0) is 0 Å². The summed E-state index contributed by atoms with van der Waals surface area (Å²) < 4.78 is 3.43. The summed E-state index contributed by atoms with van der Waals surface area (Å²) in [5.41, 5.74) is 8.41. The third-order valence-electron chi connectivity index (χ3n) is 5.48. The monoisotopic (exact) mass is 466 g/mol. The summed E-state index contributed by atoms with van der Waals surface area (Å²) in [7, 11) is 2.16. The fraction of sp³-hybridized carbons (Fsp3) is 0.458. The molecule has 0 unspecified atom stereocenters. The molecule has 33 heavy (non-hydrogen) atoms. The molecule has 1 aromatic heterocycles. The summed E-state index contributed by atoms with van der Waals surface area (Å²) in [5.74, 6) is 3.00. The molecule has 1 aromatic carbocycles. The maximum Gasteiger partial charge on any atom is 0.160 e. The smallest absolute Gasteiger partial charge is 0.160 e. The van der Waals surface area contributed by atoms with Gasteiger partial charge in [-0.2, -0.15) is 0 Å². The van der Waals surface area contributed by atoms with Crippen LogP contribution in [0.15, 0.2) is 35.3 Å². The van der Waals surface area contributed by atoms with Gasteiger partial charge in [0.2, 0.25) is 0 Å². The lowest BCUT2D eigenvalue weighted by Crippen LogP contribution is -2.44. The second kappa shape index (κ2) is 11.5. The molecule has 0 bridgehead atoms. The number of nitrogens with one attached hydrogen (secondary N) is 3. The number of hydrogen-bond acceptors (Lipinski definition) is 8. The fourth-order valence-electron chi connectivity index (χ4n) is 3.36. The predicted octanol–water partition coefficient (Wildman–Crippen LogP) is 3.79. The molecular weight excluding hydrogens is 432 g/mol. The van der Waals surface area contributed by atoms with E-state index in [-0.39, 0.29) is 0 Å². The molecule has 1 saturated carbocycles. The molecule has 3 N–H and O–H groups in total. The third-order valence-corrected chi connectivity index (χ3v) is 6.63. The highest BCUT2D eigenvalue weighted by atomic mass is 32.2. The number of rotatable bonds is 9. The van der Waals surface area contributed by atoms with Gasteiger partial charge in [-0.3, -0.25) is 0 Å². The van der Waals surface area contributed by atoms with Crippen molar-refractivity contribution in [1.82, 2.24) is 25.7 Å². The van der Waals surface area contributed by atoms with Crippen LogP contribution >= 0.6 is 11.9 Å². The van der Waals surface area contributed by atoms with Crippen molar-refractivity contribution in [3.8, 4) is 0 Å². The van der Waals surface area contributed by atoms with E-state index in [1.54, 1.807) is 0 Å². The SMILES string of the molecule is CCNN/C(C)=N/c1cc(N2CCN(C)CC2)nc(/C=C/c2ccc(NSC3CC3)cc2)n1. The van der Waals surface area contributed by atoms with E-state index in [1.807, 2.05) is 37.9 Å². The number of hydrazine groups is 1. The highest BCUT2D eigenvalue weighted by Crippen LogP contribution is 2.34. The number of aromatic nitrogens is 2. The van der Waals surface area contributed by atoms with Gasteiger partial charge in [-0.05, 0) is 62.5 Å². The number of anilines is 2. The van der Waals surface area contributed by atoms with Gasteiger partial charge < -0.3 is 19.9 Å². The number of hydrogen-bond donors (Lipinski definition) is 3. The van der Waals surface area contributed by atoms with Crippen LogP contribution in [0.5, 0.6) is 0 Å². The summed E-state index contributed by atoms with van der Waals surface area (Å²) >= 11 is 1.82. The van der Waals surface area contributed by atoms with Crippen molar-refractivity contribution in [2.24, 2.45) is 4.99 Å². The van der Waals surface area contributed by atoms with Crippen molar-refractivity contribution >= 4 is 47.3 Å². The Hall–Kier alpha value is -2.62. The molecule has 8 nitrogen and oxygen atoms in total. The van der Waals surface area contributed by atoms with Crippen LogP contribution in [-0.4, -0.2) is 65.7 Å². The number of aliphatic imine (C=N–C) groups is 1. The summed E-state index contributed by atoms with van der Waals surface area (Å²) in [5, 5.41) is 0.780. The van der Waals surface area contributed by atoms with E-state index in [2.05, 4.69) is 72.7 Å². The molecule has 0 atom stereocenters. The summed E-state index contributed by atoms with van der Waals surface area (Å²) in [6, 6.07) is 10.4. The molecule has 2 aliphatic rings. The van der Waals surface area contributed by atoms with Gasteiger partial charge >= 0.3 is 0 Å². The fourth-order valence-corrected chi connectivity index (χ4v) is 4.17. The molecule has 1 aliphatic carbocycles. The molecule has 1 saturated heterocycles. The first kappa shape index (κ1) is 23.5. The number of amidine groups is 1. The number of benzene rings is 1. The normalized spacial score (nSPS) is 17.5. The molecule has 2 aromatic rings. The Morgan fingerprint density at radius 3 is 2.58 bits per heavy atom. The van der Waals surface area contributed by atoms with Gasteiger partial charge in [0.1, 0.15) is 11.7 Å². The number of likely N-dealkylation sites (N-methyl/N-ethyl adjacent to an activating group) is 1. The highest BCUT2D eigenvalue weighted by molar-refractivity contribution is 8.01. The van der Waals surface area contributed by atoms with Crippen LogP contribution in [0.3, 0.4) is 0 Å². The van der Waals surface area contributed by atoms with Gasteiger partial charge in [-0.1, -0.05) is 25.1 Å². The average molecular weight is 467 g/mol. The van der Waals surface area contributed by atoms with Crippen LogP contribution in [0.4, 0.5) is 17.3 Å². The second-order valence-electron chi connectivity index (χ2n) is 8.46. The van der Waals surface area contributed by atoms with Crippen LogP contribution in [0.1, 0.15) is 38.1 Å². The minimum absolute atomic E-state index is 0.651.